The maximum Gasteiger partial charge on any atom is 0.416 e. The summed E-state index contributed by atoms with van der Waals surface area (Å²) < 4.78 is 173. The minimum Gasteiger partial charge on any atom is -0.481 e. The lowest BCUT2D eigenvalue weighted by Crippen LogP contribution is -2.55. The molecular weight excluding hydrogens is 1060 g/mol. The Morgan fingerprint density at radius 2 is 0.899 bits per heavy atom. The zero-order valence-electron chi connectivity index (χ0n) is 43.0. The van der Waals surface area contributed by atoms with Crippen LogP contribution in [0.15, 0.2) is 120 Å². The number of halogens is 12. The lowest BCUT2D eigenvalue weighted by atomic mass is 9.63. The average Bonchev–Trinajstić information content (AvgIpc) is 4.30. The summed E-state index contributed by atoms with van der Waals surface area (Å²) in [6.07, 6.45) is -13.3. The van der Waals surface area contributed by atoms with E-state index in [1.807, 2.05) is 42.5 Å². The van der Waals surface area contributed by atoms with Gasteiger partial charge in [-0.1, -0.05) is 66.7 Å². The molecule has 2 aliphatic heterocycles. The van der Waals surface area contributed by atoms with Gasteiger partial charge < -0.3 is 14.6 Å². The van der Waals surface area contributed by atoms with Crippen LogP contribution in [0.3, 0.4) is 0 Å². The second-order valence-corrected chi connectivity index (χ2v) is 20.8. The van der Waals surface area contributed by atoms with Crippen molar-refractivity contribution in [2.24, 2.45) is 9.98 Å². The minimum absolute atomic E-state index is 0.0407. The van der Waals surface area contributed by atoms with E-state index in [1.54, 1.807) is 35.5 Å². The Labute approximate surface area is 448 Å². The Bertz CT molecular complexity index is 2810. The van der Waals surface area contributed by atoms with Crippen LogP contribution < -0.4 is 0 Å². The van der Waals surface area contributed by atoms with Gasteiger partial charge in [0, 0.05) is 10.8 Å². The number of aliphatic imine (C=N–C) groups is 2. The van der Waals surface area contributed by atoms with Gasteiger partial charge in [0.05, 0.1) is 77.9 Å². The fourth-order valence-electron chi connectivity index (χ4n) is 11.2. The van der Waals surface area contributed by atoms with E-state index in [4.69, 9.17) is 9.47 Å². The Balaban J connectivity index is 0.000000229. The Kier molecular flexibility index (Phi) is 17.7. The highest BCUT2D eigenvalue weighted by molar-refractivity contribution is 5.96. The lowest BCUT2D eigenvalue weighted by Gasteiger charge is -2.49. The van der Waals surface area contributed by atoms with Gasteiger partial charge in [0.2, 0.25) is 11.8 Å². The van der Waals surface area contributed by atoms with Crippen LogP contribution in [-0.2, 0) is 59.4 Å². The summed E-state index contributed by atoms with van der Waals surface area (Å²) in [6.45, 7) is 6.79. The molecule has 22 heteroatoms. The summed E-state index contributed by atoms with van der Waals surface area (Å²) in [5, 5.41) is 9.62. The predicted molar refractivity (Wildman–Crippen MR) is 268 cm³/mol. The van der Waals surface area contributed by atoms with E-state index in [2.05, 4.69) is 16.6 Å². The first kappa shape index (κ1) is 60.1. The number of aliphatic carboxylic acids is 1. The second-order valence-electron chi connectivity index (χ2n) is 20.8. The van der Waals surface area contributed by atoms with Gasteiger partial charge in [0.15, 0.2) is 0 Å². The number of amides is 2. The number of benzene rings is 4. The van der Waals surface area contributed by atoms with Gasteiger partial charge in [-0.05, 0) is 130 Å². The molecule has 0 saturated heterocycles. The van der Waals surface area contributed by atoms with Gasteiger partial charge in [0.25, 0.3) is 0 Å². The Morgan fingerprint density at radius 3 is 1.19 bits per heavy atom. The van der Waals surface area contributed by atoms with Gasteiger partial charge in [-0.25, -0.2) is 0 Å². The largest absolute Gasteiger partial charge is 0.481 e. The predicted octanol–water partition coefficient (Wildman–Crippen LogP) is 13.9. The van der Waals surface area contributed by atoms with E-state index in [0.29, 0.717) is 69.2 Å². The molecule has 0 spiro atoms. The van der Waals surface area contributed by atoms with Crippen molar-refractivity contribution in [2.45, 2.75) is 137 Å². The summed E-state index contributed by atoms with van der Waals surface area (Å²) in [5.41, 5.74) is -7.00. The molecule has 79 heavy (non-hydrogen) atoms. The molecule has 2 amide bonds. The molecule has 426 valence electrons. The Morgan fingerprint density at radius 1 is 0.570 bits per heavy atom. The van der Waals surface area contributed by atoms with E-state index in [-0.39, 0.29) is 80.6 Å². The quantitative estimate of drug-likeness (QED) is 0.0881. The third kappa shape index (κ3) is 13.7. The summed E-state index contributed by atoms with van der Waals surface area (Å²) in [4.78, 5) is 48.0. The fourth-order valence-corrected chi connectivity index (χ4v) is 11.2. The van der Waals surface area contributed by atoms with Crippen molar-refractivity contribution in [3.05, 3.63) is 154 Å². The standard InChI is InChI=1S/C29H30F6N2O2.C28H28F6N2O4/c1-3-9-27(37-19-36-17-25(37)38)12-10-26(11-13-27,22-7-5-4-6-8-22)18-39-20(2)21-14-23(28(30,31)32)16-24(15-21)29(33,34)35;1-18(19-11-21(27(29,30)31)13-22(12-19)28(32,33)34)40-16-25(20-5-3-2-4-6-20)7-9-26(10-8-25,14-24(38)39)36-17-35-15-23(36)37/h3-8,14-16,19-20H,1,9-13,17-18H2,2H3;2-6,11-13,17-18H,7-10,14-16H2,1H3,(H,38,39)/t20-,26?,27?;18-,25?,26?/m11/s1. The molecule has 2 saturated carbocycles. The molecule has 10 nitrogen and oxygen atoms in total. The Hall–Kier alpha value is -6.55. The highest BCUT2D eigenvalue weighted by Crippen LogP contribution is 2.50. The minimum atomic E-state index is -4.98. The highest BCUT2D eigenvalue weighted by Gasteiger charge is 2.51. The van der Waals surface area contributed by atoms with Gasteiger partial charge >= 0.3 is 30.7 Å². The van der Waals surface area contributed by atoms with Gasteiger partial charge in [-0.15, -0.1) is 6.58 Å². The van der Waals surface area contributed by atoms with E-state index < -0.39 is 87.0 Å². The number of hydrogen-bond donors (Lipinski definition) is 1. The van der Waals surface area contributed by atoms with Crippen LogP contribution in [-0.4, -0.2) is 82.7 Å². The molecule has 0 unspecified atom stereocenters. The van der Waals surface area contributed by atoms with Crippen LogP contribution in [0.4, 0.5) is 52.7 Å². The van der Waals surface area contributed by atoms with Crippen LogP contribution >= 0.6 is 0 Å². The molecule has 1 N–H and O–H groups in total. The highest BCUT2D eigenvalue weighted by atomic mass is 19.4. The molecule has 2 heterocycles. The molecule has 0 radical (unpaired) electrons. The van der Waals surface area contributed by atoms with Gasteiger partial charge in [0.1, 0.15) is 13.1 Å². The number of rotatable bonds is 16. The van der Waals surface area contributed by atoms with Gasteiger partial charge in [-0.3, -0.25) is 34.2 Å². The fraction of sp³-hybridized carbons (Fsp3) is 0.456. The normalized spacial score (nSPS) is 24.5. The van der Waals surface area contributed by atoms with Crippen molar-refractivity contribution < 1.29 is 81.6 Å². The topological polar surface area (TPSA) is 121 Å². The summed E-state index contributed by atoms with van der Waals surface area (Å²) in [7, 11) is 0. The molecule has 2 aliphatic carbocycles. The summed E-state index contributed by atoms with van der Waals surface area (Å²) in [6, 6.07) is 21.6. The zero-order valence-corrected chi connectivity index (χ0v) is 43.0. The SMILES string of the molecule is C=CCC1(N2C=NCC2=O)CCC(CO[C@H](C)c2cc(C(F)(F)F)cc(C(F)(F)F)c2)(c2ccccc2)CC1.C[C@@H](OCC1(c2ccccc2)CCC(CC(=O)O)(N2C=NCC2=O)CC1)c1cc(C(F)(F)F)cc(C(F)(F)F)c1. The zero-order chi connectivity index (χ0) is 57.8. The smallest absolute Gasteiger partial charge is 0.416 e. The number of carboxylic acid groups (broad SMARTS) is 1. The third-order valence-corrected chi connectivity index (χ3v) is 15.8. The molecule has 4 aromatic carbocycles. The molecule has 8 rings (SSSR count). The monoisotopic (exact) mass is 1120 g/mol. The molecule has 2 atom stereocenters. The van der Waals surface area contributed by atoms with Crippen LogP contribution in [0, 0.1) is 0 Å². The second kappa shape index (κ2) is 23.3. The van der Waals surface area contributed by atoms with Crippen molar-refractivity contribution in [3.8, 4) is 0 Å². The first-order valence-electron chi connectivity index (χ1n) is 25.3. The number of nitrogens with zero attached hydrogens (tertiary/aromatic N) is 4. The molecule has 2 fully saturated rings. The number of carbonyl (C=O) groups is 3. The van der Waals surface area contributed by atoms with Crippen LogP contribution in [0.25, 0.3) is 0 Å². The average molecular weight is 1120 g/mol. The summed E-state index contributed by atoms with van der Waals surface area (Å²) in [5.74, 6) is -1.46. The number of alkyl halides is 12. The first-order valence-corrected chi connectivity index (χ1v) is 25.3. The molecule has 0 bridgehead atoms. The molecule has 4 aliphatic rings. The van der Waals surface area contributed by atoms with Crippen LogP contribution in [0.5, 0.6) is 0 Å². The number of carboxylic acids is 1. The van der Waals surface area contributed by atoms with Crippen LogP contribution in [0.1, 0.15) is 135 Å². The van der Waals surface area contributed by atoms with Crippen LogP contribution in [0.2, 0.25) is 0 Å². The van der Waals surface area contributed by atoms with E-state index >= 15 is 0 Å². The number of carbonyl (C=O) groups excluding carboxylic acids is 2. The van der Waals surface area contributed by atoms with Crippen molar-refractivity contribution in [3.63, 3.8) is 0 Å². The molecule has 4 aromatic rings. The molecule has 0 aromatic heterocycles. The third-order valence-electron chi connectivity index (χ3n) is 15.8. The maximum absolute atomic E-state index is 13.4. The lowest BCUT2D eigenvalue weighted by molar-refractivity contribution is -0.145. The van der Waals surface area contributed by atoms with E-state index in [1.165, 1.54) is 25.1 Å². The maximum atomic E-state index is 13.4. The van der Waals surface area contributed by atoms with Crippen molar-refractivity contribution >= 4 is 30.5 Å². The number of ether oxygens (including phenoxy) is 2. The molecular formula is C57H58F12N4O6. The summed E-state index contributed by atoms with van der Waals surface area (Å²) >= 11 is 0. The van der Waals surface area contributed by atoms with Crippen molar-refractivity contribution in [1.82, 2.24) is 9.80 Å². The van der Waals surface area contributed by atoms with Crippen molar-refractivity contribution in [2.75, 3.05) is 26.3 Å². The van der Waals surface area contributed by atoms with E-state index in [9.17, 15) is 72.2 Å². The van der Waals surface area contributed by atoms with Crippen molar-refractivity contribution in [1.29, 1.82) is 0 Å². The van der Waals surface area contributed by atoms with E-state index in [0.717, 1.165) is 11.1 Å². The van der Waals surface area contributed by atoms with Gasteiger partial charge in [-0.2, -0.15) is 52.7 Å². The first-order chi connectivity index (χ1) is 36.9. The number of hydrogen-bond acceptors (Lipinski definition) is 7.